The van der Waals surface area contributed by atoms with Gasteiger partial charge in [0, 0.05) is 31.7 Å². The fourth-order valence-corrected chi connectivity index (χ4v) is 6.56. The number of ether oxygens (including phenoxy) is 2. The molecular formula is C37H43F9N4O3. The van der Waals surface area contributed by atoms with Crippen LogP contribution in [0.15, 0.2) is 48.8 Å². The van der Waals surface area contributed by atoms with Crippen LogP contribution in [0.5, 0.6) is 5.75 Å². The molecule has 0 bridgehead atoms. The first-order chi connectivity index (χ1) is 24.8. The van der Waals surface area contributed by atoms with E-state index < -0.39 is 53.4 Å². The molecule has 0 unspecified atom stereocenters. The second-order valence-corrected chi connectivity index (χ2v) is 13.3. The largest absolute Gasteiger partial charge is 0.490 e. The molecule has 53 heavy (non-hydrogen) atoms. The van der Waals surface area contributed by atoms with Crippen molar-refractivity contribution in [3.63, 3.8) is 0 Å². The zero-order valence-electron chi connectivity index (χ0n) is 29.8. The van der Waals surface area contributed by atoms with Crippen LogP contribution < -0.4 is 14.5 Å². The smallest absolute Gasteiger partial charge is 0.416 e. The van der Waals surface area contributed by atoms with Gasteiger partial charge < -0.3 is 19.3 Å². The molecule has 1 atom stereocenters. The van der Waals surface area contributed by atoms with Crippen LogP contribution in [0.4, 0.5) is 51.1 Å². The Morgan fingerprint density at radius 3 is 1.91 bits per heavy atom. The number of hydrogen-bond donors (Lipinski definition) is 0. The van der Waals surface area contributed by atoms with Crippen LogP contribution >= 0.6 is 0 Å². The molecule has 1 saturated carbocycles. The molecule has 0 saturated heterocycles. The molecule has 4 rings (SSSR count). The van der Waals surface area contributed by atoms with Gasteiger partial charge in [-0.25, -0.2) is 9.97 Å². The Morgan fingerprint density at radius 1 is 0.830 bits per heavy atom. The van der Waals surface area contributed by atoms with Gasteiger partial charge in [-0.05, 0) is 105 Å². The number of alkyl halides is 9. The maximum Gasteiger partial charge on any atom is 0.416 e. The standard InChI is InChI=1S/C37H43F9N4O3/c1-5-13-53-31-19-47-34(48-20-31)50(23(3)26-15-29(36(41,42)43)18-30(16-26)37(44,45)46)22-27-17-28(35(38,39)40)11-12-32(27)49(6-2)21-25-9-7-24(8-10-25)14-33(51)52-4/h11-12,15-20,23-25H,5-10,13-14,21-22H2,1-4H3/t23-,24?,25?/m0/s1. The van der Waals surface area contributed by atoms with Gasteiger partial charge in [0.25, 0.3) is 0 Å². The molecular weight excluding hydrogens is 719 g/mol. The molecule has 292 valence electrons. The first-order valence-electron chi connectivity index (χ1n) is 17.4. The minimum Gasteiger partial charge on any atom is -0.490 e. The van der Waals surface area contributed by atoms with Gasteiger partial charge in [-0.3, -0.25) is 4.79 Å². The Labute approximate surface area is 302 Å². The molecule has 0 aliphatic heterocycles. The van der Waals surface area contributed by atoms with Crippen molar-refractivity contribution in [2.45, 2.75) is 90.4 Å². The highest BCUT2D eigenvalue weighted by molar-refractivity contribution is 5.69. The van der Waals surface area contributed by atoms with Crippen LogP contribution in [0, 0.1) is 11.8 Å². The van der Waals surface area contributed by atoms with E-state index in [1.807, 2.05) is 18.7 Å². The Bertz CT molecular complexity index is 1620. The number of esters is 1. The van der Waals surface area contributed by atoms with Crippen LogP contribution in [-0.2, 0) is 34.6 Å². The highest BCUT2D eigenvalue weighted by Crippen LogP contribution is 2.41. The Morgan fingerprint density at radius 2 is 1.40 bits per heavy atom. The SMILES string of the molecule is CCCOc1cnc(N(Cc2cc(C(F)(F)F)ccc2N(CC)CC2CCC(CC(=O)OC)CC2)[C@@H](C)c2cc(C(F)(F)F)cc(C(F)(F)F)c2)nc1. The molecule has 7 nitrogen and oxygen atoms in total. The second kappa shape index (κ2) is 17.3. The van der Waals surface area contributed by atoms with E-state index in [1.54, 1.807) is 0 Å². The van der Waals surface area contributed by atoms with Crippen molar-refractivity contribution in [2.75, 3.05) is 36.6 Å². The quantitative estimate of drug-likeness (QED) is 0.120. The van der Waals surface area contributed by atoms with Gasteiger partial charge in [0.05, 0.1) is 48.8 Å². The van der Waals surface area contributed by atoms with Gasteiger partial charge in [0.1, 0.15) is 0 Å². The van der Waals surface area contributed by atoms with Crippen molar-refractivity contribution >= 4 is 17.6 Å². The van der Waals surface area contributed by atoms with Gasteiger partial charge in [-0.15, -0.1) is 0 Å². The van der Waals surface area contributed by atoms with E-state index in [1.165, 1.54) is 37.4 Å². The number of hydrogen-bond acceptors (Lipinski definition) is 7. The first-order valence-corrected chi connectivity index (χ1v) is 17.4. The number of rotatable bonds is 14. The third kappa shape index (κ3) is 11.1. The summed E-state index contributed by atoms with van der Waals surface area (Å²) in [6, 6.07) is 3.13. The number of nitrogens with zero attached hydrogens (tertiary/aromatic N) is 4. The summed E-state index contributed by atoms with van der Waals surface area (Å²) in [6.45, 7) is 5.82. The number of aromatic nitrogens is 2. The molecule has 16 heteroatoms. The van der Waals surface area contributed by atoms with Crippen molar-refractivity contribution < 1.29 is 53.8 Å². The molecule has 2 aromatic carbocycles. The van der Waals surface area contributed by atoms with Crippen LogP contribution in [0.2, 0.25) is 0 Å². The van der Waals surface area contributed by atoms with Gasteiger partial charge in [0.15, 0.2) is 5.75 Å². The number of benzene rings is 2. The lowest BCUT2D eigenvalue weighted by molar-refractivity contribution is -0.144. The van der Waals surface area contributed by atoms with Crippen molar-refractivity contribution in [1.82, 2.24) is 9.97 Å². The zero-order chi connectivity index (χ0) is 39.1. The maximum atomic E-state index is 14.1. The molecule has 0 N–H and O–H groups in total. The minimum absolute atomic E-state index is 0.0177. The number of anilines is 2. The van der Waals surface area contributed by atoms with Crippen molar-refractivity contribution in [1.29, 1.82) is 0 Å². The lowest BCUT2D eigenvalue weighted by Gasteiger charge is -2.36. The third-order valence-corrected chi connectivity index (χ3v) is 9.50. The van der Waals surface area contributed by atoms with Gasteiger partial charge in [-0.1, -0.05) is 6.92 Å². The summed E-state index contributed by atoms with van der Waals surface area (Å²) < 4.78 is 136. The van der Waals surface area contributed by atoms with Crippen molar-refractivity contribution in [3.8, 4) is 5.75 Å². The number of carbonyl (C=O) groups excluding carboxylic acids is 1. The van der Waals surface area contributed by atoms with Gasteiger partial charge >= 0.3 is 24.5 Å². The predicted molar refractivity (Wildman–Crippen MR) is 180 cm³/mol. The second-order valence-electron chi connectivity index (χ2n) is 13.3. The maximum absolute atomic E-state index is 14.1. The summed E-state index contributed by atoms with van der Waals surface area (Å²) in [5.41, 5.74) is -3.91. The normalized spacial score (nSPS) is 17.3. The summed E-state index contributed by atoms with van der Waals surface area (Å²) in [6.07, 6.45) is -8.37. The van der Waals surface area contributed by atoms with E-state index in [4.69, 9.17) is 9.47 Å². The van der Waals surface area contributed by atoms with Crippen LogP contribution in [-0.4, -0.2) is 42.7 Å². The average molecular weight is 763 g/mol. The average Bonchev–Trinajstić information content (AvgIpc) is 3.11. The predicted octanol–water partition coefficient (Wildman–Crippen LogP) is 10.3. The molecule has 1 heterocycles. The molecule has 1 fully saturated rings. The van der Waals surface area contributed by atoms with Crippen LogP contribution in [0.25, 0.3) is 0 Å². The van der Waals surface area contributed by atoms with E-state index >= 15 is 0 Å². The van der Waals surface area contributed by atoms with Crippen LogP contribution in [0.3, 0.4) is 0 Å². The molecule has 0 radical (unpaired) electrons. The molecule has 0 spiro atoms. The van der Waals surface area contributed by atoms with E-state index in [0.29, 0.717) is 50.4 Å². The van der Waals surface area contributed by atoms with E-state index in [9.17, 15) is 44.3 Å². The molecule has 1 aliphatic rings. The van der Waals surface area contributed by atoms with Crippen molar-refractivity contribution in [2.24, 2.45) is 11.8 Å². The zero-order valence-corrected chi connectivity index (χ0v) is 29.8. The van der Waals surface area contributed by atoms with E-state index in [2.05, 4.69) is 9.97 Å². The summed E-state index contributed by atoms with van der Waals surface area (Å²) >= 11 is 0. The molecule has 3 aromatic rings. The van der Waals surface area contributed by atoms with Crippen LogP contribution in [0.1, 0.15) is 93.2 Å². The van der Waals surface area contributed by atoms with Gasteiger partial charge in [0.2, 0.25) is 5.95 Å². The molecule has 1 aromatic heterocycles. The highest BCUT2D eigenvalue weighted by Gasteiger charge is 2.38. The number of methoxy groups -OCH3 is 1. The monoisotopic (exact) mass is 762 g/mol. The summed E-state index contributed by atoms with van der Waals surface area (Å²) in [7, 11) is 1.33. The van der Waals surface area contributed by atoms with E-state index in [0.717, 1.165) is 37.8 Å². The first kappa shape index (κ1) is 41.5. The van der Waals surface area contributed by atoms with Crippen molar-refractivity contribution in [3.05, 3.63) is 76.6 Å². The van der Waals surface area contributed by atoms with E-state index in [-0.39, 0.29) is 41.1 Å². The third-order valence-electron chi connectivity index (χ3n) is 9.50. The fraction of sp³-hybridized carbons (Fsp3) is 0.541. The lowest BCUT2D eigenvalue weighted by atomic mass is 9.80. The fourth-order valence-electron chi connectivity index (χ4n) is 6.56. The highest BCUT2D eigenvalue weighted by atomic mass is 19.4. The number of halogens is 9. The lowest BCUT2D eigenvalue weighted by Crippen LogP contribution is -2.34. The number of carbonyl (C=O) groups is 1. The summed E-state index contributed by atoms with van der Waals surface area (Å²) in [4.78, 5) is 23.6. The molecule has 0 amide bonds. The topological polar surface area (TPSA) is 67.8 Å². The summed E-state index contributed by atoms with van der Waals surface area (Å²) in [5.74, 6) is 0.128. The minimum atomic E-state index is -5.12. The van der Waals surface area contributed by atoms with Gasteiger partial charge in [-0.2, -0.15) is 39.5 Å². The Balaban J connectivity index is 1.78. The Kier molecular flexibility index (Phi) is 13.5. The summed E-state index contributed by atoms with van der Waals surface area (Å²) in [5, 5.41) is 0. The Hall–Kier alpha value is -4.24. The molecule has 1 aliphatic carbocycles.